The lowest BCUT2D eigenvalue weighted by molar-refractivity contribution is 0.935. The van der Waals surface area contributed by atoms with Crippen LogP contribution in [0.4, 0.5) is 0 Å². The average molecular weight is 382 g/mol. The van der Waals surface area contributed by atoms with E-state index < -0.39 is 0 Å². The summed E-state index contributed by atoms with van der Waals surface area (Å²) in [6, 6.07) is 28.8. The van der Waals surface area contributed by atoms with Gasteiger partial charge in [0.25, 0.3) is 0 Å². The summed E-state index contributed by atoms with van der Waals surface area (Å²) in [4.78, 5) is 0. The smallest absolute Gasteiger partial charge is 0.207 e. The Bertz CT molecular complexity index is 1100. The van der Waals surface area contributed by atoms with Crippen molar-refractivity contribution < 1.29 is 0 Å². The maximum Gasteiger partial charge on any atom is 0.207 e. The van der Waals surface area contributed by atoms with Crippen molar-refractivity contribution in [3.8, 4) is 0 Å². The van der Waals surface area contributed by atoms with Crippen molar-refractivity contribution in [2.45, 2.75) is 0 Å². The Morgan fingerprint density at radius 2 is 1.04 bits per heavy atom. The van der Waals surface area contributed by atoms with Gasteiger partial charge in [-0.25, -0.2) is 0 Å². The molecule has 28 heavy (non-hydrogen) atoms. The van der Waals surface area contributed by atoms with Crippen LogP contribution >= 0.6 is 12.2 Å². The summed E-state index contributed by atoms with van der Waals surface area (Å²) in [6.45, 7) is 0. The van der Waals surface area contributed by atoms with Crippen LogP contribution in [-0.4, -0.2) is 17.5 Å². The van der Waals surface area contributed by atoms with Crippen molar-refractivity contribution in [2.75, 3.05) is 0 Å². The summed E-state index contributed by atoms with van der Waals surface area (Å²) in [6.07, 6.45) is 3.46. The fourth-order valence-corrected chi connectivity index (χ4v) is 3.04. The van der Waals surface area contributed by atoms with Crippen LogP contribution in [0.3, 0.4) is 0 Å². The fraction of sp³-hybridized carbons (Fsp3) is 0. The minimum Gasteiger partial charge on any atom is -0.252 e. The summed E-state index contributed by atoms with van der Waals surface area (Å²) in [5.74, 6) is 0. The van der Waals surface area contributed by atoms with Crippen LogP contribution in [0.15, 0.2) is 95.1 Å². The van der Waals surface area contributed by atoms with Gasteiger partial charge in [-0.05, 0) is 57.0 Å². The third-order valence-corrected chi connectivity index (χ3v) is 4.49. The van der Waals surface area contributed by atoms with E-state index in [0.717, 1.165) is 11.1 Å². The topological polar surface area (TPSA) is 48.8 Å². The first-order chi connectivity index (χ1) is 13.8. The minimum atomic E-state index is 0.328. The van der Waals surface area contributed by atoms with Crippen molar-refractivity contribution >= 4 is 51.3 Å². The molecule has 0 saturated carbocycles. The predicted molar refractivity (Wildman–Crippen MR) is 122 cm³/mol. The van der Waals surface area contributed by atoms with Gasteiger partial charge in [-0.15, -0.1) is 0 Å². The summed E-state index contributed by atoms with van der Waals surface area (Å²) < 4.78 is 0. The molecule has 0 amide bonds. The van der Waals surface area contributed by atoms with Gasteiger partial charge in [0.2, 0.25) is 5.11 Å². The van der Waals surface area contributed by atoms with E-state index in [1.165, 1.54) is 21.5 Å². The Morgan fingerprint density at radius 3 is 1.50 bits per heavy atom. The molecule has 4 nitrogen and oxygen atoms in total. The van der Waals surface area contributed by atoms with Crippen molar-refractivity contribution in [3.05, 3.63) is 96.1 Å². The van der Waals surface area contributed by atoms with Gasteiger partial charge in [0.05, 0.1) is 12.4 Å². The summed E-state index contributed by atoms with van der Waals surface area (Å²) >= 11 is 5.19. The molecule has 4 rings (SSSR count). The Kier molecular flexibility index (Phi) is 5.36. The molecular weight excluding hydrogens is 364 g/mol. The number of rotatable bonds is 4. The summed E-state index contributed by atoms with van der Waals surface area (Å²) in [7, 11) is 0. The highest BCUT2D eigenvalue weighted by Crippen LogP contribution is 2.15. The normalized spacial score (nSPS) is 11.4. The lowest BCUT2D eigenvalue weighted by Gasteiger charge is -2.02. The molecule has 5 heteroatoms. The number of thiocarbonyl (C=S) groups is 1. The summed E-state index contributed by atoms with van der Waals surface area (Å²) in [5, 5.41) is 13.4. The zero-order chi connectivity index (χ0) is 19.2. The second kappa shape index (κ2) is 8.41. The molecule has 0 spiro atoms. The lowest BCUT2D eigenvalue weighted by Crippen LogP contribution is -2.28. The minimum absolute atomic E-state index is 0.328. The van der Waals surface area contributed by atoms with Gasteiger partial charge < -0.3 is 0 Å². The maximum atomic E-state index is 5.19. The van der Waals surface area contributed by atoms with Crippen LogP contribution in [0.1, 0.15) is 11.1 Å². The predicted octanol–water partition coefficient (Wildman–Crippen LogP) is 4.83. The second-order valence-electron chi connectivity index (χ2n) is 6.28. The van der Waals surface area contributed by atoms with E-state index in [0.29, 0.717) is 5.11 Å². The highest BCUT2D eigenvalue weighted by molar-refractivity contribution is 7.80. The molecule has 0 atom stereocenters. The molecule has 2 N–H and O–H groups in total. The first-order valence-corrected chi connectivity index (χ1v) is 9.28. The quantitative estimate of drug-likeness (QED) is 0.302. The molecule has 0 unspecified atom stereocenters. The lowest BCUT2D eigenvalue weighted by atomic mass is 10.1. The van der Waals surface area contributed by atoms with E-state index in [1.54, 1.807) is 12.4 Å². The van der Waals surface area contributed by atoms with Gasteiger partial charge in [-0.2, -0.15) is 10.2 Å². The van der Waals surface area contributed by atoms with E-state index in [4.69, 9.17) is 12.2 Å². The monoisotopic (exact) mass is 382 g/mol. The highest BCUT2D eigenvalue weighted by atomic mass is 32.1. The SMILES string of the molecule is S=C(N/N=C/c1ccc2ccccc2c1)N/N=C/c1ccc2ccccc2c1. The number of benzene rings is 4. The van der Waals surface area contributed by atoms with E-state index in [2.05, 4.69) is 69.6 Å². The van der Waals surface area contributed by atoms with Gasteiger partial charge in [-0.3, -0.25) is 10.9 Å². The molecule has 0 bridgehead atoms. The average Bonchev–Trinajstić information content (AvgIpc) is 2.73. The highest BCUT2D eigenvalue weighted by Gasteiger charge is 1.95. The van der Waals surface area contributed by atoms with Gasteiger partial charge in [0.1, 0.15) is 0 Å². The molecule has 0 aliphatic carbocycles. The molecule has 0 radical (unpaired) electrons. The number of nitrogens with zero attached hydrogens (tertiary/aromatic N) is 2. The van der Waals surface area contributed by atoms with Gasteiger partial charge in [-0.1, -0.05) is 72.8 Å². The molecule has 136 valence electrons. The second-order valence-corrected chi connectivity index (χ2v) is 6.69. The molecular formula is C23H18N4S. The van der Waals surface area contributed by atoms with Crippen LogP contribution in [0.25, 0.3) is 21.5 Å². The Labute approximate surface area is 168 Å². The first-order valence-electron chi connectivity index (χ1n) is 8.88. The number of nitrogens with one attached hydrogen (secondary N) is 2. The van der Waals surface area contributed by atoms with Crippen LogP contribution in [0, 0.1) is 0 Å². The van der Waals surface area contributed by atoms with E-state index in [9.17, 15) is 0 Å². The molecule has 0 saturated heterocycles. The molecule has 0 aromatic heterocycles. The third kappa shape index (κ3) is 4.39. The zero-order valence-electron chi connectivity index (χ0n) is 15.0. The van der Waals surface area contributed by atoms with Gasteiger partial charge >= 0.3 is 0 Å². The van der Waals surface area contributed by atoms with Gasteiger partial charge in [0, 0.05) is 0 Å². The molecule has 4 aromatic carbocycles. The zero-order valence-corrected chi connectivity index (χ0v) is 15.9. The van der Waals surface area contributed by atoms with E-state index in [-0.39, 0.29) is 0 Å². The van der Waals surface area contributed by atoms with Gasteiger partial charge in [0.15, 0.2) is 0 Å². The van der Waals surface area contributed by atoms with E-state index in [1.807, 2.05) is 36.4 Å². The number of hydrazone groups is 2. The molecule has 0 aliphatic heterocycles. The van der Waals surface area contributed by atoms with Crippen molar-refractivity contribution in [2.24, 2.45) is 10.2 Å². The maximum absolute atomic E-state index is 5.19. The van der Waals surface area contributed by atoms with Crippen molar-refractivity contribution in [1.29, 1.82) is 0 Å². The van der Waals surface area contributed by atoms with Crippen molar-refractivity contribution in [1.82, 2.24) is 10.9 Å². The Morgan fingerprint density at radius 1 is 0.607 bits per heavy atom. The van der Waals surface area contributed by atoms with Crippen LogP contribution in [0.5, 0.6) is 0 Å². The van der Waals surface area contributed by atoms with Crippen LogP contribution < -0.4 is 10.9 Å². The largest absolute Gasteiger partial charge is 0.252 e. The number of hydrogen-bond donors (Lipinski definition) is 2. The molecule has 4 aromatic rings. The first kappa shape index (κ1) is 17.8. The molecule has 0 aliphatic rings. The van der Waals surface area contributed by atoms with E-state index >= 15 is 0 Å². The summed E-state index contributed by atoms with van der Waals surface area (Å²) in [5.41, 5.74) is 7.53. The number of hydrogen-bond acceptors (Lipinski definition) is 3. The molecule has 0 heterocycles. The standard InChI is InChI=1S/C23H18N4S/c28-23(26-24-15-17-9-11-19-5-1-3-7-21(19)13-17)27-25-16-18-10-12-20-6-2-4-8-22(20)14-18/h1-16H,(H2,26,27,28)/b24-15+,25-16+. The number of fused-ring (bicyclic) bond motifs is 2. The Hall–Kier alpha value is -3.57. The van der Waals surface area contributed by atoms with Crippen molar-refractivity contribution in [3.63, 3.8) is 0 Å². The third-order valence-electron chi connectivity index (χ3n) is 4.31. The fourth-order valence-electron chi connectivity index (χ4n) is 2.93. The Balaban J connectivity index is 1.33. The van der Waals surface area contributed by atoms with Crippen LogP contribution in [-0.2, 0) is 0 Å². The van der Waals surface area contributed by atoms with Crippen LogP contribution in [0.2, 0.25) is 0 Å². The molecule has 0 fully saturated rings.